The molecule has 0 unspecified atom stereocenters. The maximum absolute atomic E-state index is 12.7. The fourth-order valence-corrected chi connectivity index (χ4v) is 3.86. The fourth-order valence-electron chi connectivity index (χ4n) is 3.86. The van der Waals surface area contributed by atoms with Crippen LogP contribution in [0.25, 0.3) is 0 Å². The molecule has 2 aromatic rings. The van der Waals surface area contributed by atoms with Gasteiger partial charge in [-0.1, -0.05) is 36.8 Å². The molecule has 1 aliphatic rings. The molecule has 2 heterocycles. The molecule has 1 aliphatic heterocycles. The Morgan fingerprint density at radius 2 is 2.00 bits per heavy atom. The summed E-state index contributed by atoms with van der Waals surface area (Å²) >= 11 is 0. The normalized spacial score (nSPS) is 24.3. The Balaban J connectivity index is 1.71. The Bertz CT molecular complexity index is 904. The standard InChI is InChI=1S/C23H28N2O6/c1-14-20(26)16(13-15-7-4-3-5-8-15)9-6-10-17(23(29)31-14)25-22(28)19-21(27)18(30-2)11-12-24-19/h3-5,7-8,11-12,14,16-17,20,26-27H,6,9-10,13H2,1-2H3,(H,25,28)/t14-,16+,17-,20-/m0/s1. The minimum absolute atomic E-state index is 0.0799. The molecule has 8 nitrogen and oxygen atoms in total. The molecule has 0 bridgehead atoms. The zero-order valence-electron chi connectivity index (χ0n) is 17.7. The molecule has 31 heavy (non-hydrogen) atoms. The van der Waals surface area contributed by atoms with Crippen LogP contribution in [0.3, 0.4) is 0 Å². The van der Waals surface area contributed by atoms with Gasteiger partial charge in [0.15, 0.2) is 17.2 Å². The number of esters is 1. The maximum Gasteiger partial charge on any atom is 0.329 e. The number of ether oxygens (including phenoxy) is 2. The summed E-state index contributed by atoms with van der Waals surface area (Å²) in [5.41, 5.74) is 0.871. The minimum Gasteiger partial charge on any atom is -0.503 e. The van der Waals surface area contributed by atoms with Gasteiger partial charge in [-0.2, -0.15) is 0 Å². The van der Waals surface area contributed by atoms with E-state index in [0.29, 0.717) is 25.7 Å². The van der Waals surface area contributed by atoms with E-state index in [4.69, 9.17) is 9.47 Å². The van der Waals surface area contributed by atoms with Gasteiger partial charge in [0, 0.05) is 12.3 Å². The largest absolute Gasteiger partial charge is 0.503 e. The second-order valence-electron chi connectivity index (χ2n) is 7.75. The predicted octanol–water partition coefficient (Wildman–Crippen LogP) is 2.23. The number of amides is 1. The van der Waals surface area contributed by atoms with Crippen molar-refractivity contribution in [3.63, 3.8) is 0 Å². The number of methoxy groups -OCH3 is 1. The third kappa shape index (κ3) is 5.52. The van der Waals surface area contributed by atoms with Crippen molar-refractivity contribution in [2.24, 2.45) is 5.92 Å². The van der Waals surface area contributed by atoms with E-state index in [9.17, 15) is 19.8 Å². The van der Waals surface area contributed by atoms with Crippen LogP contribution >= 0.6 is 0 Å². The number of pyridine rings is 1. The highest BCUT2D eigenvalue weighted by Gasteiger charge is 2.33. The van der Waals surface area contributed by atoms with E-state index in [1.807, 2.05) is 30.3 Å². The van der Waals surface area contributed by atoms with E-state index in [0.717, 1.165) is 5.56 Å². The lowest BCUT2D eigenvalue weighted by Crippen LogP contribution is -2.44. The van der Waals surface area contributed by atoms with E-state index in [2.05, 4.69) is 10.3 Å². The van der Waals surface area contributed by atoms with Gasteiger partial charge in [0.2, 0.25) is 0 Å². The molecule has 1 aromatic carbocycles. The molecular formula is C23H28N2O6. The molecular weight excluding hydrogens is 400 g/mol. The Morgan fingerprint density at radius 3 is 2.71 bits per heavy atom. The summed E-state index contributed by atoms with van der Waals surface area (Å²) in [7, 11) is 1.37. The SMILES string of the molecule is COc1ccnc(C(=O)N[C@H]2CCC[C@H](Cc3ccccc3)[C@@H](O)[C@H](C)OC2=O)c1O. The van der Waals surface area contributed by atoms with Gasteiger partial charge in [-0.25, -0.2) is 9.78 Å². The number of aliphatic hydroxyl groups is 1. The summed E-state index contributed by atoms with van der Waals surface area (Å²) in [6, 6.07) is 10.4. The summed E-state index contributed by atoms with van der Waals surface area (Å²) in [4.78, 5) is 29.2. The zero-order chi connectivity index (χ0) is 22.4. The van der Waals surface area contributed by atoms with Gasteiger partial charge in [-0.3, -0.25) is 4.79 Å². The Hall–Kier alpha value is -3.13. The summed E-state index contributed by atoms with van der Waals surface area (Å²) in [6.07, 6.45) is 2.10. The predicted molar refractivity (Wildman–Crippen MR) is 113 cm³/mol. The van der Waals surface area contributed by atoms with E-state index < -0.39 is 35.9 Å². The van der Waals surface area contributed by atoms with Crippen molar-refractivity contribution in [2.75, 3.05) is 7.11 Å². The maximum atomic E-state index is 12.7. The summed E-state index contributed by atoms with van der Waals surface area (Å²) < 4.78 is 10.5. The molecule has 0 aliphatic carbocycles. The van der Waals surface area contributed by atoms with Crippen LogP contribution in [-0.2, 0) is 16.0 Å². The van der Waals surface area contributed by atoms with Crippen molar-refractivity contribution in [2.45, 2.75) is 50.9 Å². The van der Waals surface area contributed by atoms with Crippen molar-refractivity contribution in [3.8, 4) is 11.5 Å². The first-order chi connectivity index (χ1) is 14.9. The number of hydrogen-bond acceptors (Lipinski definition) is 7. The molecule has 0 radical (unpaired) electrons. The molecule has 0 saturated carbocycles. The van der Waals surface area contributed by atoms with Crippen LogP contribution in [0, 0.1) is 5.92 Å². The van der Waals surface area contributed by atoms with Crippen molar-refractivity contribution < 1.29 is 29.3 Å². The highest BCUT2D eigenvalue weighted by Crippen LogP contribution is 2.28. The number of aromatic nitrogens is 1. The van der Waals surface area contributed by atoms with Crippen LogP contribution in [0.15, 0.2) is 42.6 Å². The van der Waals surface area contributed by atoms with Gasteiger partial charge in [0.05, 0.1) is 13.2 Å². The minimum atomic E-state index is -0.912. The molecule has 0 spiro atoms. The van der Waals surface area contributed by atoms with Gasteiger partial charge >= 0.3 is 5.97 Å². The van der Waals surface area contributed by atoms with Gasteiger partial charge in [0.1, 0.15) is 12.1 Å². The number of hydrogen-bond donors (Lipinski definition) is 3. The molecule has 1 amide bonds. The number of nitrogens with one attached hydrogen (secondary N) is 1. The second-order valence-corrected chi connectivity index (χ2v) is 7.75. The van der Waals surface area contributed by atoms with Crippen LogP contribution in [0.5, 0.6) is 11.5 Å². The quantitative estimate of drug-likeness (QED) is 0.625. The Kier molecular flexibility index (Phi) is 7.46. The van der Waals surface area contributed by atoms with Crippen molar-refractivity contribution >= 4 is 11.9 Å². The van der Waals surface area contributed by atoms with E-state index in [1.165, 1.54) is 19.4 Å². The first-order valence-electron chi connectivity index (χ1n) is 10.4. The number of carbonyl (C=O) groups is 2. The van der Waals surface area contributed by atoms with Crippen LogP contribution in [-0.4, -0.2) is 52.4 Å². The summed E-state index contributed by atoms with van der Waals surface area (Å²) in [5.74, 6) is -1.69. The number of nitrogens with zero attached hydrogens (tertiary/aromatic N) is 1. The highest BCUT2D eigenvalue weighted by molar-refractivity contribution is 5.97. The molecule has 3 rings (SSSR count). The lowest BCUT2D eigenvalue weighted by atomic mass is 9.87. The first-order valence-corrected chi connectivity index (χ1v) is 10.4. The number of benzene rings is 1. The summed E-state index contributed by atoms with van der Waals surface area (Å²) in [6.45, 7) is 1.65. The fraction of sp³-hybridized carbons (Fsp3) is 0.435. The van der Waals surface area contributed by atoms with Crippen LogP contribution in [0.2, 0.25) is 0 Å². The lowest BCUT2D eigenvalue weighted by molar-refractivity contribution is -0.157. The molecule has 4 atom stereocenters. The summed E-state index contributed by atoms with van der Waals surface area (Å²) in [5, 5.41) is 23.5. The molecule has 166 valence electrons. The third-order valence-corrected chi connectivity index (χ3v) is 5.59. The highest BCUT2D eigenvalue weighted by atomic mass is 16.6. The van der Waals surface area contributed by atoms with Gasteiger partial charge in [0.25, 0.3) is 5.91 Å². The monoisotopic (exact) mass is 428 g/mol. The Labute approximate surface area is 181 Å². The van der Waals surface area contributed by atoms with Crippen LogP contribution < -0.4 is 10.1 Å². The van der Waals surface area contributed by atoms with Crippen molar-refractivity contribution in [1.82, 2.24) is 10.3 Å². The lowest BCUT2D eigenvalue weighted by Gasteiger charge is -2.27. The second kappa shape index (κ2) is 10.3. The first kappa shape index (κ1) is 22.6. The molecule has 1 saturated heterocycles. The zero-order valence-corrected chi connectivity index (χ0v) is 17.7. The van der Waals surface area contributed by atoms with E-state index in [1.54, 1.807) is 6.92 Å². The average molecular weight is 428 g/mol. The molecule has 8 heteroatoms. The third-order valence-electron chi connectivity index (χ3n) is 5.59. The molecule has 3 N–H and O–H groups in total. The number of aromatic hydroxyl groups is 1. The van der Waals surface area contributed by atoms with Crippen LogP contribution in [0.4, 0.5) is 0 Å². The van der Waals surface area contributed by atoms with E-state index >= 15 is 0 Å². The topological polar surface area (TPSA) is 118 Å². The Morgan fingerprint density at radius 1 is 1.26 bits per heavy atom. The number of cyclic esters (lactones) is 1. The number of carbonyl (C=O) groups excluding carboxylic acids is 2. The molecule has 1 fully saturated rings. The van der Waals surface area contributed by atoms with Gasteiger partial charge < -0.3 is 25.0 Å². The van der Waals surface area contributed by atoms with E-state index in [-0.39, 0.29) is 17.4 Å². The number of rotatable bonds is 5. The van der Waals surface area contributed by atoms with Crippen molar-refractivity contribution in [1.29, 1.82) is 0 Å². The van der Waals surface area contributed by atoms with Gasteiger partial charge in [-0.05, 0) is 37.7 Å². The molecule has 1 aromatic heterocycles. The number of aliphatic hydroxyl groups excluding tert-OH is 1. The average Bonchev–Trinajstić information content (AvgIpc) is 2.81. The smallest absolute Gasteiger partial charge is 0.329 e. The van der Waals surface area contributed by atoms with Gasteiger partial charge in [-0.15, -0.1) is 0 Å². The van der Waals surface area contributed by atoms with Crippen LogP contribution in [0.1, 0.15) is 42.2 Å². The van der Waals surface area contributed by atoms with Crippen molar-refractivity contribution in [3.05, 3.63) is 53.9 Å².